The molecule has 0 saturated heterocycles. The number of nitrogens with zero attached hydrogens (tertiary/aromatic N) is 1. The van der Waals surface area contributed by atoms with Crippen LogP contribution in [-0.4, -0.2) is 16.8 Å². The van der Waals surface area contributed by atoms with Crippen molar-refractivity contribution in [2.75, 3.05) is 5.32 Å². The van der Waals surface area contributed by atoms with Crippen molar-refractivity contribution in [1.29, 1.82) is 0 Å². The Morgan fingerprint density at radius 1 is 0.731 bits per heavy atom. The molecule has 0 aliphatic heterocycles. The van der Waals surface area contributed by atoms with E-state index in [1.807, 2.05) is 12.1 Å². The molecule has 2 amide bonds. The number of primary amides is 1. The molecule has 2 aromatic carbocycles. The van der Waals surface area contributed by atoms with Crippen LogP contribution in [0.15, 0.2) is 85.1 Å². The highest BCUT2D eigenvalue weighted by atomic mass is 16.2. The molecule has 0 radical (unpaired) electrons. The van der Waals surface area contributed by atoms with E-state index in [1.165, 1.54) is 0 Å². The summed E-state index contributed by atoms with van der Waals surface area (Å²) >= 11 is 0. The average molecular weight is 343 g/mol. The van der Waals surface area contributed by atoms with Gasteiger partial charge >= 0.3 is 0 Å². The molecule has 0 unspecified atom stereocenters. The fraction of sp³-hybridized carbons (Fsp3) is 0. The number of nitrogens with one attached hydrogen (secondary N) is 1. The van der Waals surface area contributed by atoms with E-state index < -0.39 is 11.8 Å². The molecule has 3 aromatic rings. The van der Waals surface area contributed by atoms with Crippen LogP contribution in [0, 0.1) is 0 Å². The van der Waals surface area contributed by atoms with Gasteiger partial charge < -0.3 is 11.1 Å². The molecule has 0 fully saturated rings. The third-order valence-corrected chi connectivity index (χ3v) is 3.75. The van der Waals surface area contributed by atoms with Crippen molar-refractivity contribution < 1.29 is 9.59 Å². The first-order chi connectivity index (χ1) is 12.7. The van der Waals surface area contributed by atoms with Crippen molar-refractivity contribution in [2.24, 2.45) is 5.73 Å². The Morgan fingerprint density at radius 2 is 1.27 bits per heavy atom. The molecule has 5 heteroatoms. The molecule has 1 aromatic heterocycles. The summed E-state index contributed by atoms with van der Waals surface area (Å²) in [5.74, 6) is -0.735. The second-order valence-electron chi connectivity index (χ2n) is 5.52. The van der Waals surface area contributed by atoms with Gasteiger partial charge in [-0.3, -0.25) is 9.59 Å². The van der Waals surface area contributed by atoms with Crippen LogP contribution in [0.1, 0.15) is 11.1 Å². The summed E-state index contributed by atoms with van der Waals surface area (Å²) in [6.45, 7) is 0. The van der Waals surface area contributed by atoms with Crippen LogP contribution in [0.3, 0.4) is 0 Å². The minimum absolute atomic E-state index is 0.158. The lowest BCUT2D eigenvalue weighted by Gasteiger charge is -2.14. The fourth-order valence-electron chi connectivity index (χ4n) is 2.62. The first-order valence-corrected chi connectivity index (χ1v) is 8.04. The Morgan fingerprint density at radius 3 is 1.77 bits per heavy atom. The number of benzene rings is 2. The zero-order valence-corrected chi connectivity index (χ0v) is 13.9. The molecule has 3 rings (SSSR count). The summed E-state index contributed by atoms with van der Waals surface area (Å²) in [6, 6.07) is 23.1. The van der Waals surface area contributed by atoms with E-state index in [1.54, 1.807) is 72.9 Å². The maximum atomic E-state index is 13.0. The molecular weight excluding hydrogens is 326 g/mol. The lowest BCUT2D eigenvalue weighted by Crippen LogP contribution is -2.21. The molecule has 0 aliphatic carbocycles. The van der Waals surface area contributed by atoms with Crippen LogP contribution >= 0.6 is 0 Å². The van der Waals surface area contributed by atoms with Crippen LogP contribution in [0.25, 0.3) is 11.1 Å². The van der Waals surface area contributed by atoms with Crippen molar-refractivity contribution in [3.8, 4) is 0 Å². The standard InChI is InChI=1S/C21H17N3O2/c22-20(25)18(15-9-3-1-4-10-15)19(16-11-5-2-6-12-16)21(26)24-17-13-7-8-14-23-17/h1-14H,(H2,22,25)(H,23,24,26). The summed E-state index contributed by atoms with van der Waals surface area (Å²) < 4.78 is 0. The second kappa shape index (κ2) is 7.90. The van der Waals surface area contributed by atoms with Crippen LogP contribution in [0.2, 0.25) is 0 Å². The molecule has 1 heterocycles. The predicted molar refractivity (Wildman–Crippen MR) is 102 cm³/mol. The highest BCUT2D eigenvalue weighted by molar-refractivity contribution is 6.41. The average Bonchev–Trinajstić information content (AvgIpc) is 2.67. The number of amides is 2. The number of aromatic nitrogens is 1. The number of rotatable bonds is 5. The Hall–Kier alpha value is -3.73. The number of hydrogen-bond acceptors (Lipinski definition) is 3. The highest BCUT2D eigenvalue weighted by Gasteiger charge is 2.22. The normalized spacial score (nSPS) is 11.4. The van der Waals surface area contributed by atoms with Gasteiger partial charge in [-0.05, 0) is 23.3 Å². The van der Waals surface area contributed by atoms with Crippen LogP contribution in [0.4, 0.5) is 5.82 Å². The van der Waals surface area contributed by atoms with Crippen LogP contribution < -0.4 is 11.1 Å². The Kier molecular flexibility index (Phi) is 5.19. The number of anilines is 1. The van der Waals surface area contributed by atoms with E-state index in [-0.39, 0.29) is 11.1 Å². The monoisotopic (exact) mass is 343 g/mol. The molecule has 0 aliphatic rings. The van der Waals surface area contributed by atoms with Gasteiger partial charge in [0.25, 0.3) is 5.91 Å². The smallest absolute Gasteiger partial charge is 0.258 e. The van der Waals surface area contributed by atoms with Gasteiger partial charge in [0.05, 0.1) is 11.1 Å². The molecule has 128 valence electrons. The maximum absolute atomic E-state index is 13.0. The summed E-state index contributed by atoms with van der Waals surface area (Å²) in [5.41, 5.74) is 7.18. The molecule has 5 nitrogen and oxygen atoms in total. The molecular formula is C21H17N3O2. The van der Waals surface area contributed by atoms with E-state index in [9.17, 15) is 9.59 Å². The largest absolute Gasteiger partial charge is 0.366 e. The van der Waals surface area contributed by atoms with Gasteiger partial charge in [-0.25, -0.2) is 4.98 Å². The summed E-state index contributed by atoms with van der Waals surface area (Å²) in [4.78, 5) is 29.4. The summed E-state index contributed by atoms with van der Waals surface area (Å²) in [6.07, 6.45) is 1.58. The van der Waals surface area contributed by atoms with Crippen molar-refractivity contribution in [3.63, 3.8) is 0 Å². The fourth-order valence-corrected chi connectivity index (χ4v) is 2.62. The first kappa shape index (κ1) is 17.1. The SMILES string of the molecule is NC(=O)C(=C(C(=O)Nc1ccccn1)c1ccccc1)c1ccccc1. The van der Waals surface area contributed by atoms with Crippen molar-refractivity contribution >= 4 is 28.8 Å². The van der Waals surface area contributed by atoms with E-state index >= 15 is 0 Å². The van der Waals surface area contributed by atoms with Gasteiger partial charge in [0.15, 0.2) is 0 Å². The van der Waals surface area contributed by atoms with E-state index in [0.29, 0.717) is 16.9 Å². The van der Waals surface area contributed by atoms with Gasteiger partial charge in [0.1, 0.15) is 5.82 Å². The topological polar surface area (TPSA) is 85.1 Å². The van der Waals surface area contributed by atoms with Gasteiger partial charge in [-0.1, -0.05) is 66.7 Å². The molecule has 0 saturated carbocycles. The molecule has 0 atom stereocenters. The predicted octanol–water partition coefficient (Wildman–Crippen LogP) is 3.12. The van der Waals surface area contributed by atoms with Gasteiger partial charge in [0.2, 0.25) is 5.91 Å². The van der Waals surface area contributed by atoms with Gasteiger partial charge in [-0.15, -0.1) is 0 Å². The lowest BCUT2D eigenvalue weighted by atomic mass is 9.93. The second-order valence-corrected chi connectivity index (χ2v) is 5.52. The van der Waals surface area contributed by atoms with Gasteiger partial charge in [0, 0.05) is 6.20 Å². The lowest BCUT2D eigenvalue weighted by molar-refractivity contribution is -0.113. The zero-order chi connectivity index (χ0) is 18.4. The zero-order valence-electron chi connectivity index (χ0n) is 13.9. The summed E-state index contributed by atoms with van der Waals surface area (Å²) in [7, 11) is 0. The number of hydrogen-bond donors (Lipinski definition) is 2. The molecule has 0 bridgehead atoms. The first-order valence-electron chi connectivity index (χ1n) is 8.04. The number of pyridine rings is 1. The Bertz CT molecular complexity index is 937. The van der Waals surface area contributed by atoms with E-state index in [2.05, 4.69) is 10.3 Å². The number of nitrogens with two attached hydrogens (primary N) is 1. The quantitative estimate of drug-likeness (QED) is 0.551. The van der Waals surface area contributed by atoms with Crippen molar-refractivity contribution in [1.82, 2.24) is 4.98 Å². The van der Waals surface area contributed by atoms with Gasteiger partial charge in [-0.2, -0.15) is 0 Å². The minimum Gasteiger partial charge on any atom is -0.366 e. The molecule has 0 spiro atoms. The number of carbonyl (C=O) groups excluding carboxylic acids is 2. The third-order valence-electron chi connectivity index (χ3n) is 3.75. The van der Waals surface area contributed by atoms with Crippen LogP contribution in [0.5, 0.6) is 0 Å². The van der Waals surface area contributed by atoms with Crippen molar-refractivity contribution in [2.45, 2.75) is 0 Å². The Labute approximate surface area is 151 Å². The summed E-state index contributed by atoms with van der Waals surface area (Å²) in [5, 5.41) is 2.73. The molecule has 3 N–H and O–H groups in total. The minimum atomic E-state index is -0.675. The highest BCUT2D eigenvalue weighted by Crippen LogP contribution is 2.27. The van der Waals surface area contributed by atoms with Crippen LogP contribution in [-0.2, 0) is 9.59 Å². The maximum Gasteiger partial charge on any atom is 0.258 e. The molecule has 26 heavy (non-hydrogen) atoms. The van der Waals surface area contributed by atoms with Crippen molar-refractivity contribution in [3.05, 3.63) is 96.2 Å². The van der Waals surface area contributed by atoms with E-state index in [0.717, 1.165) is 0 Å². The third kappa shape index (κ3) is 3.84. The number of carbonyl (C=O) groups is 2. The Balaban J connectivity index is 2.16. The van der Waals surface area contributed by atoms with E-state index in [4.69, 9.17) is 5.73 Å².